The minimum absolute atomic E-state index is 0.141. The largest absolute Gasteiger partial charge is 0.357 e. The summed E-state index contributed by atoms with van der Waals surface area (Å²) in [6.07, 6.45) is 0. The van der Waals surface area contributed by atoms with Crippen LogP contribution in [0.25, 0.3) is 10.2 Å². The van der Waals surface area contributed by atoms with E-state index in [0.717, 1.165) is 78.1 Å². The zero-order valence-corrected chi connectivity index (χ0v) is 19.8. The van der Waals surface area contributed by atoms with Crippen molar-refractivity contribution in [3.8, 4) is 0 Å². The molecule has 1 fully saturated rings. The molecular formula is C24H32N5OS+. The maximum Gasteiger partial charge on any atom is 0.264 e. The van der Waals surface area contributed by atoms with Crippen molar-refractivity contribution >= 4 is 33.3 Å². The maximum absolute atomic E-state index is 13.4. The zero-order chi connectivity index (χ0) is 22.0. The molecule has 0 radical (unpaired) electrons. The van der Waals surface area contributed by atoms with Crippen LogP contribution in [-0.4, -0.2) is 60.0 Å². The number of benzene rings is 1. The zero-order valence-electron chi connectivity index (χ0n) is 18.9. The van der Waals surface area contributed by atoms with Gasteiger partial charge in [0.05, 0.1) is 36.4 Å². The highest BCUT2D eigenvalue weighted by Gasteiger charge is 2.29. The van der Waals surface area contributed by atoms with Crippen LogP contribution in [0.1, 0.15) is 40.5 Å². The van der Waals surface area contributed by atoms with Gasteiger partial charge in [0, 0.05) is 18.7 Å². The van der Waals surface area contributed by atoms with Gasteiger partial charge in [-0.05, 0) is 33.3 Å². The topological polar surface area (TPSA) is 53.8 Å². The Hall–Kier alpha value is -2.51. The second kappa shape index (κ2) is 9.32. The number of rotatable bonds is 6. The number of aromatic nitrogens is 2. The predicted octanol–water partition coefficient (Wildman–Crippen LogP) is 2.70. The summed E-state index contributed by atoms with van der Waals surface area (Å²) in [6.45, 7) is 14.6. The van der Waals surface area contributed by atoms with Crippen molar-refractivity contribution in [2.75, 3.05) is 44.2 Å². The van der Waals surface area contributed by atoms with E-state index in [2.05, 4.69) is 61.0 Å². The molecule has 6 nitrogen and oxygen atoms in total. The van der Waals surface area contributed by atoms with Crippen LogP contribution in [-0.2, 0) is 6.54 Å². The number of carbonyl (C=O) groups is 1. The Kier molecular flexibility index (Phi) is 6.53. The number of piperazine rings is 1. The van der Waals surface area contributed by atoms with E-state index >= 15 is 0 Å². The van der Waals surface area contributed by atoms with E-state index in [4.69, 9.17) is 4.98 Å². The first kappa shape index (κ1) is 21.7. The fourth-order valence-electron chi connectivity index (χ4n) is 4.41. The van der Waals surface area contributed by atoms with Crippen LogP contribution in [0.15, 0.2) is 30.3 Å². The second-order valence-electron chi connectivity index (χ2n) is 8.21. The number of hydrogen-bond acceptors (Lipinski definition) is 5. The highest BCUT2D eigenvalue weighted by molar-refractivity contribution is 7.20. The molecule has 0 atom stereocenters. The van der Waals surface area contributed by atoms with Crippen LogP contribution in [0.5, 0.6) is 0 Å². The van der Waals surface area contributed by atoms with Gasteiger partial charge >= 0.3 is 0 Å². The number of thiophene rings is 1. The highest BCUT2D eigenvalue weighted by Crippen LogP contribution is 2.36. The number of nitrogens with zero attached hydrogens (tertiary/aromatic N) is 4. The maximum atomic E-state index is 13.4. The summed E-state index contributed by atoms with van der Waals surface area (Å²) in [5.41, 5.74) is 2.38. The van der Waals surface area contributed by atoms with Crippen molar-refractivity contribution in [2.45, 2.75) is 34.2 Å². The van der Waals surface area contributed by atoms with Gasteiger partial charge in [-0.25, -0.2) is 9.97 Å². The molecule has 0 bridgehead atoms. The summed E-state index contributed by atoms with van der Waals surface area (Å²) in [6, 6.07) is 10.6. The Morgan fingerprint density at radius 1 is 1.10 bits per heavy atom. The molecule has 0 saturated carbocycles. The average Bonchev–Trinajstić information content (AvgIpc) is 3.11. The molecule has 2 aromatic heterocycles. The van der Waals surface area contributed by atoms with Crippen molar-refractivity contribution in [3.05, 3.63) is 52.2 Å². The molecule has 0 unspecified atom stereocenters. The molecule has 3 aromatic rings. The lowest BCUT2D eigenvalue weighted by molar-refractivity contribution is -0.917. The Morgan fingerprint density at radius 2 is 1.77 bits per heavy atom. The Balaban J connectivity index is 1.53. The molecule has 1 aliphatic rings. The van der Waals surface area contributed by atoms with Crippen molar-refractivity contribution < 1.29 is 9.69 Å². The molecule has 1 saturated heterocycles. The van der Waals surface area contributed by atoms with Gasteiger partial charge < -0.3 is 14.7 Å². The van der Waals surface area contributed by atoms with E-state index in [1.165, 1.54) is 21.8 Å². The van der Waals surface area contributed by atoms with Crippen molar-refractivity contribution in [1.29, 1.82) is 0 Å². The number of carbonyl (C=O) groups excluding carboxylic acids is 1. The number of amides is 1. The quantitative estimate of drug-likeness (QED) is 0.643. The molecular weight excluding hydrogens is 406 g/mol. The smallest absolute Gasteiger partial charge is 0.264 e. The Morgan fingerprint density at radius 3 is 2.42 bits per heavy atom. The van der Waals surface area contributed by atoms with Crippen LogP contribution < -0.4 is 9.80 Å². The first-order chi connectivity index (χ1) is 15.0. The van der Waals surface area contributed by atoms with E-state index in [9.17, 15) is 4.79 Å². The molecule has 1 amide bonds. The number of quaternary nitrogens is 1. The molecule has 164 valence electrons. The standard InChI is InChI=1S/C24H31N5OS/c1-5-28(6-2)22-20-17(3)21(31-23(20)26-18(4)25-22)24(30)29-14-12-27(13-15-29)16-19-10-8-7-9-11-19/h7-11H,5-6,12-16H2,1-4H3/p+1. The van der Waals surface area contributed by atoms with Gasteiger partial charge in [-0.1, -0.05) is 30.3 Å². The average molecular weight is 439 g/mol. The molecule has 31 heavy (non-hydrogen) atoms. The minimum atomic E-state index is 0.141. The lowest BCUT2D eigenvalue weighted by Crippen LogP contribution is -3.13. The van der Waals surface area contributed by atoms with Crippen molar-refractivity contribution in [3.63, 3.8) is 0 Å². The third-order valence-electron chi connectivity index (χ3n) is 6.19. The minimum Gasteiger partial charge on any atom is -0.357 e. The monoisotopic (exact) mass is 438 g/mol. The number of aryl methyl sites for hydroxylation is 2. The van der Waals surface area contributed by atoms with Gasteiger partial charge in [0.2, 0.25) is 0 Å². The molecule has 1 N–H and O–H groups in total. The third kappa shape index (κ3) is 4.43. The summed E-state index contributed by atoms with van der Waals surface area (Å²) in [7, 11) is 0. The second-order valence-corrected chi connectivity index (χ2v) is 9.21. The number of hydrogen-bond donors (Lipinski definition) is 1. The SMILES string of the molecule is CCN(CC)c1nc(C)nc2sc(C(=O)N3CC[NH+](Cc4ccccc4)CC3)c(C)c12. The summed E-state index contributed by atoms with van der Waals surface area (Å²) < 4.78 is 0. The fraction of sp³-hybridized carbons (Fsp3) is 0.458. The van der Waals surface area contributed by atoms with Crippen molar-refractivity contribution in [2.24, 2.45) is 0 Å². The van der Waals surface area contributed by atoms with Gasteiger partial charge in [-0.15, -0.1) is 11.3 Å². The summed E-state index contributed by atoms with van der Waals surface area (Å²) in [5, 5.41) is 1.04. The predicted molar refractivity (Wildman–Crippen MR) is 127 cm³/mol. The van der Waals surface area contributed by atoms with Crippen molar-refractivity contribution in [1.82, 2.24) is 14.9 Å². The number of nitrogens with one attached hydrogen (secondary N) is 1. The Bertz CT molecular complexity index is 1050. The van der Waals surface area contributed by atoms with Gasteiger partial charge in [0.15, 0.2) is 0 Å². The summed E-state index contributed by atoms with van der Waals surface area (Å²) in [5.74, 6) is 1.85. The molecule has 1 aromatic carbocycles. The van der Waals surface area contributed by atoms with Gasteiger partial charge in [-0.3, -0.25) is 4.79 Å². The van der Waals surface area contributed by atoms with Crippen LogP contribution in [0.4, 0.5) is 5.82 Å². The van der Waals surface area contributed by atoms with E-state index in [0.29, 0.717) is 0 Å². The first-order valence-corrected chi connectivity index (χ1v) is 12.0. The highest BCUT2D eigenvalue weighted by atomic mass is 32.1. The molecule has 0 spiro atoms. The lowest BCUT2D eigenvalue weighted by atomic mass is 10.1. The molecule has 1 aliphatic heterocycles. The van der Waals surface area contributed by atoms with Crippen LogP contribution in [0.2, 0.25) is 0 Å². The third-order valence-corrected chi connectivity index (χ3v) is 7.37. The molecule has 4 rings (SSSR count). The van der Waals surface area contributed by atoms with E-state index < -0.39 is 0 Å². The Labute approximate surface area is 188 Å². The van der Waals surface area contributed by atoms with Crippen LogP contribution in [0, 0.1) is 13.8 Å². The van der Waals surface area contributed by atoms with Gasteiger partial charge in [-0.2, -0.15) is 0 Å². The molecule has 0 aliphatic carbocycles. The van der Waals surface area contributed by atoms with E-state index in [-0.39, 0.29) is 5.91 Å². The van der Waals surface area contributed by atoms with Gasteiger partial charge in [0.1, 0.15) is 23.0 Å². The van der Waals surface area contributed by atoms with E-state index in [1.807, 2.05) is 11.8 Å². The van der Waals surface area contributed by atoms with Gasteiger partial charge in [0.25, 0.3) is 5.91 Å². The lowest BCUT2D eigenvalue weighted by Gasteiger charge is -2.32. The van der Waals surface area contributed by atoms with Crippen LogP contribution in [0.3, 0.4) is 0 Å². The number of anilines is 1. The first-order valence-electron chi connectivity index (χ1n) is 11.2. The molecule has 3 heterocycles. The summed E-state index contributed by atoms with van der Waals surface area (Å²) in [4.78, 5) is 30.4. The summed E-state index contributed by atoms with van der Waals surface area (Å²) >= 11 is 1.52. The van der Waals surface area contributed by atoms with E-state index in [1.54, 1.807) is 0 Å². The molecule has 7 heteroatoms. The fourth-order valence-corrected chi connectivity index (χ4v) is 5.60. The normalized spacial score (nSPS) is 14.9. The number of fused-ring (bicyclic) bond motifs is 1. The van der Waals surface area contributed by atoms with Crippen LogP contribution >= 0.6 is 11.3 Å².